The molecule has 2 aromatic heterocycles. The molecule has 5 aromatic rings. The second kappa shape index (κ2) is 8.43. The van der Waals surface area contributed by atoms with Crippen LogP contribution in [0.25, 0.3) is 21.9 Å². The third-order valence-electron chi connectivity index (χ3n) is 4.88. The number of fused-ring (bicyclic) bond motifs is 3. The lowest BCUT2D eigenvalue weighted by molar-refractivity contribution is 0.306. The highest BCUT2D eigenvalue weighted by Gasteiger charge is 2.10. The molecular formula is C24H21ClN4O. The maximum atomic E-state index is 5.88. The van der Waals surface area contributed by atoms with E-state index < -0.39 is 0 Å². The molecule has 150 valence electrons. The zero-order chi connectivity index (χ0) is 19.6. The fourth-order valence-corrected chi connectivity index (χ4v) is 3.51. The Kier molecular flexibility index (Phi) is 5.55. The molecule has 0 aliphatic rings. The molecule has 0 radical (unpaired) electrons. The van der Waals surface area contributed by atoms with Crippen LogP contribution in [0.15, 0.2) is 79.1 Å². The molecule has 2 heterocycles. The van der Waals surface area contributed by atoms with E-state index in [4.69, 9.17) is 4.74 Å². The fourth-order valence-electron chi connectivity index (χ4n) is 3.51. The highest BCUT2D eigenvalue weighted by molar-refractivity contribution is 6.10. The van der Waals surface area contributed by atoms with E-state index in [1.807, 2.05) is 61.5 Å². The van der Waals surface area contributed by atoms with Crippen molar-refractivity contribution in [1.29, 1.82) is 0 Å². The first-order valence-corrected chi connectivity index (χ1v) is 9.53. The smallest absolute Gasteiger partial charge is 0.119 e. The number of nitrogens with zero attached hydrogens (tertiary/aromatic N) is 2. The van der Waals surface area contributed by atoms with Gasteiger partial charge in [0.15, 0.2) is 0 Å². The van der Waals surface area contributed by atoms with Crippen LogP contribution in [0.1, 0.15) is 11.3 Å². The van der Waals surface area contributed by atoms with Crippen LogP contribution < -0.4 is 10.1 Å². The van der Waals surface area contributed by atoms with Crippen molar-refractivity contribution in [1.82, 2.24) is 15.0 Å². The van der Waals surface area contributed by atoms with E-state index in [2.05, 4.69) is 38.5 Å². The molecule has 0 spiro atoms. The van der Waals surface area contributed by atoms with E-state index in [-0.39, 0.29) is 12.4 Å². The normalized spacial score (nSPS) is 10.7. The average molecular weight is 417 g/mol. The van der Waals surface area contributed by atoms with Gasteiger partial charge in [-0.1, -0.05) is 30.3 Å². The molecule has 0 bridgehead atoms. The molecule has 0 saturated heterocycles. The summed E-state index contributed by atoms with van der Waals surface area (Å²) in [6.45, 7) is 2.60. The van der Waals surface area contributed by atoms with Crippen LogP contribution in [0.5, 0.6) is 5.75 Å². The molecule has 3 aromatic carbocycles. The number of aromatic nitrogens is 3. The van der Waals surface area contributed by atoms with Gasteiger partial charge in [-0.2, -0.15) is 0 Å². The summed E-state index contributed by atoms with van der Waals surface area (Å²) in [7, 11) is 0. The van der Waals surface area contributed by atoms with Gasteiger partial charge in [0.05, 0.1) is 11.2 Å². The minimum atomic E-state index is 0. The van der Waals surface area contributed by atoms with Gasteiger partial charge >= 0.3 is 0 Å². The summed E-state index contributed by atoms with van der Waals surface area (Å²) in [6.07, 6.45) is 1.60. The third-order valence-corrected chi connectivity index (χ3v) is 4.88. The Hall–Kier alpha value is -3.57. The fraction of sp³-hybridized carbons (Fsp3) is 0.0833. The molecule has 5 rings (SSSR count). The van der Waals surface area contributed by atoms with Crippen molar-refractivity contribution in [2.75, 3.05) is 5.32 Å². The summed E-state index contributed by atoms with van der Waals surface area (Å²) in [5.41, 5.74) is 7.02. The van der Waals surface area contributed by atoms with E-state index in [0.717, 1.165) is 50.3 Å². The maximum absolute atomic E-state index is 5.88. The summed E-state index contributed by atoms with van der Waals surface area (Å²) in [5.74, 6) is 0.839. The molecule has 0 aliphatic carbocycles. The molecule has 0 aliphatic heterocycles. The Morgan fingerprint density at radius 3 is 2.53 bits per heavy atom. The van der Waals surface area contributed by atoms with E-state index in [9.17, 15) is 0 Å². The molecule has 6 heteroatoms. The van der Waals surface area contributed by atoms with Gasteiger partial charge in [-0.15, -0.1) is 12.4 Å². The standard InChI is InChI=1S/C24H20N4O.ClH/c1-16-13-22(23-20(27-16)11-12-21-24(23)26-15-25-21)28-18-7-9-19(10-8-18)29-14-17-5-3-2-4-6-17;/h2-13,15,27-28H,14H2,1H3;1H. The first-order valence-electron chi connectivity index (χ1n) is 9.53. The second-order valence-corrected chi connectivity index (χ2v) is 7.02. The quantitative estimate of drug-likeness (QED) is 0.360. The SMILES string of the molecule is Cc1cc(Nc2ccc(OCc3ccccc3)cc2)c2c(ccc3ncnc32)[nH]1.Cl. The Labute approximate surface area is 180 Å². The van der Waals surface area contributed by atoms with Gasteiger partial charge in [0.25, 0.3) is 0 Å². The number of aryl methyl sites for hydroxylation is 1. The molecular weight excluding hydrogens is 396 g/mol. The van der Waals surface area contributed by atoms with Crippen LogP contribution in [-0.4, -0.2) is 15.0 Å². The summed E-state index contributed by atoms with van der Waals surface area (Å²) >= 11 is 0. The zero-order valence-electron chi connectivity index (χ0n) is 16.4. The molecule has 0 unspecified atom stereocenters. The van der Waals surface area contributed by atoms with Crippen molar-refractivity contribution < 1.29 is 4.74 Å². The van der Waals surface area contributed by atoms with Gasteiger partial charge in [0.2, 0.25) is 0 Å². The number of halogens is 1. The average Bonchev–Trinajstić information content (AvgIpc) is 3.22. The highest BCUT2D eigenvalue weighted by Crippen LogP contribution is 2.32. The van der Waals surface area contributed by atoms with Crippen LogP contribution in [0.2, 0.25) is 0 Å². The predicted octanol–water partition coefficient (Wildman–Crippen LogP) is 6.16. The number of H-pyrrole nitrogens is 1. The number of imidazole rings is 1. The summed E-state index contributed by atoms with van der Waals surface area (Å²) in [5, 5.41) is 4.56. The summed E-state index contributed by atoms with van der Waals surface area (Å²) in [4.78, 5) is 12.2. The zero-order valence-corrected chi connectivity index (χ0v) is 17.2. The topological polar surface area (TPSA) is 62.8 Å². The van der Waals surface area contributed by atoms with Crippen LogP contribution in [0.3, 0.4) is 0 Å². The molecule has 5 nitrogen and oxygen atoms in total. The molecule has 0 fully saturated rings. The second-order valence-electron chi connectivity index (χ2n) is 7.02. The summed E-state index contributed by atoms with van der Waals surface area (Å²) in [6, 6.07) is 24.3. The number of hydrogen-bond donors (Lipinski definition) is 2. The number of anilines is 2. The van der Waals surface area contributed by atoms with Crippen molar-refractivity contribution in [2.45, 2.75) is 13.5 Å². The number of benzene rings is 3. The van der Waals surface area contributed by atoms with Crippen molar-refractivity contribution in [3.63, 3.8) is 0 Å². The van der Waals surface area contributed by atoms with Crippen LogP contribution in [0.4, 0.5) is 11.4 Å². The van der Waals surface area contributed by atoms with E-state index in [0.29, 0.717) is 6.61 Å². The van der Waals surface area contributed by atoms with Crippen LogP contribution in [-0.2, 0) is 6.61 Å². The first-order chi connectivity index (χ1) is 14.3. The van der Waals surface area contributed by atoms with Gasteiger partial charge in [0, 0.05) is 22.3 Å². The Balaban J connectivity index is 0.00000218. The van der Waals surface area contributed by atoms with Crippen molar-refractivity contribution in [2.24, 2.45) is 0 Å². The van der Waals surface area contributed by atoms with Crippen molar-refractivity contribution >= 4 is 45.7 Å². The lowest BCUT2D eigenvalue weighted by Crippen LogP contribution is -1.97. The van der Waals surface area contributed by atoms with Gasteiger partial charge < -0.3 is 15.0 Å². The van der Waals surface area contributed by atoms with Gasteiger partial charge in [-0.05, 0) is 55.0 Å². The Bertz CT molecular complexity index is 1280. The van der Waals surface area contributed by atoms with Gasteiger partial charge in [-0.3, -0.25) is 0 Å². The van der Waals surface area contributed by atoms with E-state index in [1.54, 1.807) is 6.33 Å². The monoisotopic (exact) mass is 416 g/mol. The minimum absolute atomic E-state index is 0. The van der Waals surface area contributed by atoms with E-state index in [1.165, 1.54) is 0 Å². The first kappa shape index (κ1) is 19.7. The highest BCUT2D eigenvalue weighted by atomic mass is 35.5. The third kappa shape index (κ3) is 3.93. The van der Waals surface area contributed by atoms with Gasteiger partial charge in [0.1, 0.15) is 24.2 Å². The largest absolute Gasteiger partial charge is 0.489 e. The lowest BCUT2D eigenvalue weighted by Gasteiger charge is -2.13. The molecule has 0 atom stereocenters. The number of hydrogen-bond acceptors (Lipinski definition) is 4. The maximum Gasteiger partial charge on any atom is 0.119 e. The van der Waals surface area contributed by atoms with E-state index >= 15 is 0 Å². The Morgan fingerprint density at radius 2 is 1.73 bits per heavy atom. The number of rotatable bonds is 5. The number of ether oxygens (including phenoxy) is 1. The molecule has 30 heavy (non-hydrogen) atoms. The molecule has 0 amide bonds. The predicted molar refractivity (Wildman–Crippen MR) is 124 cm³/mol. The number of pyridine rings is 1. The Morgan fingerprint density at radius 1 is 0.933 bits per heavy atom. The van der Waals surface area contributed by atoms with Crippen LogP contribution >= 0.6 is 12.4 Å². The van der Waals surface area contributed by atoms with Crippen molar-refractivity contribution in [3.8, 4) is 5.75 Å². The van der Waals surface area contributed by atoms with Crippen LogP contribution in [0, 0.1) is 6.92 Å². The van der Waals surface area contributed by atoms with Gasteiger partial charge in [-0.25, -0.2) is 9.97 Å². The lowest BCUT2D eigenvalue weighted by atomic mass is 10.1. The van der Waals surface area contributed by atoms with Crippen molar-refractivity contribution in [3.05, 3.63) is 90.4 Å². The molecule has 2 N–H and O–H groups in total. The minimum Gasteiger partial charge on any atom is -0.489 e. The molecule has 0 saturated carbocycles. The number of aromatic amines is 1. The summed E-state index contributed by atoms with van der Waals surface area (Å²) < 4.78 is 5.88. The number of nitrogens with one attached hydrogen (secondary N) is 2.